The molecule has 0 spiro atoms. The van der Waals surface area contributed by atoms with E-state index in [1.54, 1.807) is 17.5 Å². The van der Waals surface area contributed by atoms with Crippen LogP contribution >= 0.6 is 11.3 Å². The number of hydrogen-bond donors (Lipinski definition) is 1. The highest BCUT2D eigenvalue weighted by molar-refractivity contribution is 7.12. The Balaban J connectivity index is 2.26. The minimum absolute atomic E-state index is 0.0501. The van der Waals surface area contributed by atoms with Crippen LogP contribution in [0, 0.1) is 5.82 Å². The van der Waals surface area contributed by atoms with Crippen LogP contribution in [-0.4, -0.2) is 18.4 Å². The predicted octanol–water partition coefficient (Wildman–Crippen LogP) is 2.41. The molecule has 104 valence electrons. The van der Waals surface area contributed by atoms with Gasteiger partial charge in [-0.15, -0.1) is 11.3 Å². The van der Waals surface area contributed by atoms with Crippen molar-refractivity contribution in [3.8, 4) is 0 Å². The first-order chi connectivity index (χ1) is 9.58. The number of amides is 2. The zero-order valence-electron chi connectivity index (χ0n) is 10.6. The van der Waals surface area contributed by atoms with Gasteiger partial charge in [-0.2, -0.15) is 0 Å². The molecule has 2 N–H and O–H groups in total. The summed E-state index contributed by atoms with van der Waals surface area (Å²) in [5, 5.41) is 1.80. The topological polar surface area (TPSA) is 63.4 Å². The standard InChI is InChI=1S/C14H13FN2O2S/c15-10-3-5-11(6-4-10)17(8-7-13(16)18)14(19)12-2-1-9-20-12/h1-6,9H,7-8H2,(H2,16,18). The van der Waals surface area contributed by atoms with Crippen LogP contribution < -0.4 is 10.6 Å². The summed E-state index contributed by atoms with van der Waals surface area (Å²) in [5.74, 6) is -1.10. The maximum atomic E-state index is 13.0. The number of carbonyl (C=O) groups is 2. The number of thiophene rings is 1. The normalized spacial score (nSPS) is 10.2. The fraction of sp³-hybridized carbons (Fsp3) is 0.143. The second-order valence-electron chi connectivity index (χ2n) is 4.13. The van der Waals surface area contributed by atoms with E-state index in [9.17, 15) is 14.0 Å². The minimum Gasteiger partial charge on any atom is -0.370 e. The highest BCUT2D eigenvalue weighted by Gasteiger charge is 2.19. The lowest BCUT2D eigenvalue weighted by molar-refractivity contribution is -0.117. The summed E-state index contributed by atoms with van der Waals surface area (Å²) in [7, 11) is 0. The number of hydrogen-bond acceptors (Lipinski definition) is 3. The molecule has 0 saturated carbocycles. The van der Waals surface area contributed by atoms with E-state index in [0.29, 0.717) is 10.6 Å². The number of carbonyl (C=O) groups excluding carboxylic acids is 2. The molecule has 0 radical (unpaired) electrons. The third-order valence-corrected chi connectivity index (χ3v) is 3.56. The van der Waals surface area contributed by atoms with Gasteiger partial charge in [0.25, 0.3) is 5.91 Å². The molecule has 6 heteroatoms. The maximum absolute atomic E-state index is 13.0. The van der Waals surface area contributed by atoms with Crippen LogP contribution in [0.3, 0.4) is 0 Å². The third kappa shape index (κ3) is 3.42. The predicted molar refractivity (Wildman–Crippen MR) is 76.2 cm³/mol. The summed E-state index contributed by atoms with van der Waals surface area (Å²) in [6.45, 7) is 0.164. The summed E-state index contributed by atoms with van der Waals surface area (Å²) < 4.78 is 13.0. The van der Waals surface area contributed by atoms with Gasteiger partial charge in [0.15, 0.2) is 0 Å². The van der Waals surface area contributed by atoms with Crippen molar-refractivity contribution in [2.24, 2.45) is 5.73 Å². The fourth-order valence-corrected chi connectivity index (χ4v) is 2.40. The van der Waals surface area contributed by atoms with E-state index in [-0.39, 0.29) is 24.7 Å². The van der Waals surface area contributed by atoms with Gasteiger partial charge < -0.3 is 10.6 Å². The van der Waals surface area contributed by atoms with Gasteiger partial charge in [0.1, 0.15) is 5.82 Å². The zero-order chi connectivity index (χ0) is 14.5. The van der Waals surface area contributed by atoms with Crippen LogP contribution in [0.2, 0.25) is 0 Å². The van der Waals surface area contributed by atoms with E-state index in [4.69, 9.17) is 5.73 Å². The molecule has 0 unspecified atom stereocenters. The van der Waals surface area contributed by atoms with Crippen molar-refractivity contribution < 1.29 is 14.0 Å². The lowest BCUT2D eigenvalue weighted by Gasteiger charge is -2.21. The van der Waals surface area contributed by atoms with E-state index in [1.807, 2.05) is 0 Å². The van der Waals surface area contributed by atoms with Crippen LogP contribution in [0.15, 0.2) is 41.8 Å². The maximum Gasteiger partial charge on any atom is 0.268 e. The lowest BCUT2D eigenvalue weighted by atomic mass is 10.2. The molecule has 0 atom stereocenters. The smallest absolute Gasteiger partial charge is 0.268 e. The van der Waals surface area contributed by atoms with Crippen molar-refractivity contribution in [1.29, 1.82) is 0 Å². The van der Waals surface area contributed by atoms with Crippen molar-refractivity contribution in [2.75, 3.05) is 11.4 Å². The molecule has 0 bridgehead atoms. The number of nitrogens with two attached hydrogens (primary N) is 1. The number of halogens is 1. The van der Waals surface area contributed by atoms with Crippen molar-refractivity contribution in [3.05, 3.63) is 52.5 Å². The van der Waals surface area contributed by atoms with Crippen LogP contribution in [0.25, 0.3) is 0 Å². The van der Waals surface area contributed by atoms with Gasteiger partial charge in [-0.3, -0.25) is 9.59 Å². The van der Waals surface area contributed by atoms with E-state index in [1.165, 1.54) is 40.5 Å². The Kier molecular flexibility index (Phi) is 4.47. The monoisotopic (exact) mass is 292 g/mol. The first-order valence-corrected chi connectivity index (χ1v) is 6.85. The highest BCUT2D eigenvalue weighted by atomic mass is 32.1. The molecule has 0 aliphatic rings. The molecular weight excluding hydrogens is 279 g/mol. The van der Waals surface area contributed by atoms with Crippen LogP contribution in [0.1, 0.15) is 16.1 Å². The second-order valence-corrected chi connectivity index (χ2v) is 5.07. The molecule has 1 aromatic heterocycles. The average molecular weight is 292 g/mol. The van der Waals surface area contributed by atoms with Crippen molar-refractivity contribution in [2.45, 2.75) is 6.42 Å². The van der Waals surface area contributed by atoms with Gasteiger partial charge in [0.05, 0.1) is 4.88 Å². The number of anilines is 1. The molecular formula is C14H13FN2O2S. The third-order valence-electron chi connectivity index (χ3n) is 2.70. The number of primary amides is 1. The average Bonchev–Trinajstić information content (AvgIpc) is 2.94. The Bertz CT molecular complexity index is 596. The Labute approximate surface area is 119 Å². The molecule has 0 aliphatic heterocycles. The fourth-order valence-electron chi connectivity index (χ4n) is 1.72. The molecule has 2 amide bonds. The molecule has 4 nitrogen and oxygen atoms in total. The molecule has 1 aromatic carbocycles. The Morgan fingerprint density at radius 3 is 2.45 bits per heavy atom. The van der Waals surface area contributed by atoms with Crippen molar-refractivity contribution in [3.63, 3.8) is 0 Å². The van der Waals surface area contributed by atoms with Gasteiger partial charge in [0, 0.05) is 18.7 Å². The summed E-state index contributed by atoms with van der Waals surface area (Å²) in [6, 6.07) is 9.02. The van der Waals surface area contributed by atoms with E-state index >= 15 is 0 Å². The first-order valence-electron chi connectivity index (χ1n) is 5.97. The van der Waals surface area contributed by atoms with E-state index in [2.05, 4.69) is 0 Å². The van der Waals surface area contributed by atoms with Gasteiger partial charge in [0.2, 0.25) is 5.91 Å². The molecule has 0 fully saturated rings. The highest BCUT2D eigenvalue weighted by Crippen LogP contribution is 2.20. The number of nitrogens with zero attached hydrogens (tertiary/aromatic N) is 1. The van der Waals surface area contributed by atoms with Crippen molar-refractivity contribution >= 4 is 28.8 Å². The van der Waals surface area contributed by atoms with Crippen LogP contribution in [-0.2, 0) is 4.79 Å². The minimum atomic E-state index is -0.490. The van der Waals surface area contributed by atoms with Gasteiger partial charge in [-0.1, -0.05) is 6.07 Å². The largest absolute Gasteiger partial charge is 0.370 e. The van der Waals surface area contributed by atoms with E-state index < -0.39 is 5.91 Å². The molecule has 0 saturated heterocycles. The molecule has 20 heavy (non-hydrogen) atoms. The summed E-state index contributed by atoms with van der Waals surface area (Å²) in [6.07, 6.45) is 0.0501. The zero-order valence-corrected chi connectivity index (χ0v) is 11.4. The van der Waals surface area contributed by atoms with Crippen LogP contribution in [0.4, 0.5) is 10.1 Å². The number of rotatable bonds is 5. The summed E-state index contributed by atoms with van der Waals surface area (Å²) in [4.78, 5) is 25.3. The van der Waals surface area contributed by atoms with Gasteiger partial charge >= 0.3 is 0 Å². The Morgan fingerprint density at radius 2 is 1.90 bits per heavy atom. The molecule has 2 aromatic rings. The quantitative estimate of drug-likeness (QED) is 0.919. The molecule has 2 rings (SSSR count). The van der Waals surface area contributed by atoms with Crippen molar-refractivity contribution in [1.82, 2.24) is 0 Å². The van der Waals surface area contributed by atoms with Gasteiger partial charge in [-0.05, 0) is 35.7 Å². The Hall–Kier alpha value is -2.21. The van der Waals surface area contributed by atoms with E-state index in [0.717, 1.165) is 0 Å². The second kappa shape index (κ2) is 6.29. The lowest BCUT2D eigenvalue weighted by Crippen LogP contribution is -2.33. The van der Waals surface area contributed by atoms with Gasteiger partial charge in [-0.25, -0.2) is 4.39 Å². The molecule has 1 heterocycles. The Morgan fingerprint density at radius 1 is 1.20 bits per heavy atom. The molecule has 0 aliphatic carbocycles. The first kappa shape index (κ1) is 14.2. The summed E-state index contributed by atoms with van der Waals surface area (Å²) >= 11 is 1.31. The SMILES string of the molecule is NC(=O)CCN(C(=O)c1cccs1)c1ccc(F)cc1. The number of benzene rings is 1. The van der Waals surface area contributed by atoms with Crippen LogP contribution in [0.5, 0.6) is 0 Å². The summed E-state index contributed by atoms with van der Waals surface area (Å²) in [5.41, 5.74) is 5.66.